The minimum Gasteiger partial charge on any atom is -0.322 e. The first-order valence-electron chi connectivity index (χ1n) is 9.09. The van der Waals surface area contributed by atoms with Crippen molar-refractivity contribution in [2.45, 2.75) is 25.3 Å². The summed E-state index contributed by atoms with van der Waals surface area (Å²) in [5.41, 5.74) is 2.57. The number of aryl methyl sites for hydroxylation is 1. The van der Waals surface area contributed by atoms with Crippen LogP contribution >= 0.6 is 11.6 Å². The summed E-state index contributed by atoms with van der Waals surface area (Å²) < 4.78 is 42.0. The number of hydrogen-bond acceptors (Lipinski definition) is 3. The van der Waals surface area contributed by atoms with E-state index in [2.05, 4.69) is 10.0 Å². The SMILES string of the molecule is Cc1cccc(NC(=O)c2cc(S(=O)(=O)NCc3ccccc3Cl)ccc2F)c1C. The van der Waals surface area contributed by atoms with E-state index in [1.165, 1.54) is 0 Å². The first-order chi connectivity index (χ1) is 14.2. The zero-order valence-corrected chi connectivity index (χ0v) is 17.9. The fraction of sp³-hybridized carbons (Fsp3) is 0.136. The van der Waals surface area contributed by atoms with Crippen LogP contribution in [-0.2, 0) is 16.6 Å². The van der Waals surface area contributed by atoms with Gasteiger partial charge in [-0.15, -0.1) is 0 Å². The predicted molar refractivity (Wildman–Crippen MR) is 116 cm³/mol. The summed E-state index contributed by atoms with van der Waals surface area (Å²) in [6.07, 6.45) is 0. The summed E-state index contributed by atoms with van der Waals surface area (Å²) in [6.45, 7) is 3.69. The van der Waals surface area contributed by atoms with Gasteiger partial charge in [0.1, 0.15) is 5.82 Å². The van der Waals surface area contributed by atoms with Crippen molar-refractivity contribution in [2.75, 3.05) is 5.32 Å². The molecule has 0 bridgehead atoms. The van der Waals surface area contributed by atoms with E-state index in [-0.39, 0.29) is 17.0 Å². The van der Waals surface area contributed by atoms with Crippen molar-refractivity contribution < 1.29 is 17.6 Å². The van der Waals surface area contributed by atoms with Crippen LogP contribution in [0.1, 0.15) is 27.0 Å². The van der Waals surface area contributed by atoms with Gasteiger partial charge in [0, 0.05) is 17.3 Å². The Hall–Kier alpha value is -2.74. The predicted octanol–water partition coefficient (Wildman–Crippen LogP) is 4.83. The Balaban J connectivity index is 1.84. The number of benzene rings is 3. The maximum absolute atomic E-state index is 14.3. The van der Waals surface area contributed by atoms with Gasteiger partial charge >= 0.3 is 0 Å². The molecule has 8 heteroatoms. The largest absolute Gasteiger partial charge is 0.322 e. The Morgan fingerprint density at radius 2 is 1.77 bits per heavy atom. The number of rotatable bonds is 6. The average molecular weight is 447 g/mol. The number of carbonyl (C=O) groups excluding carboxylic acids is 1. The third kappa shape index (κ3) is 4.87. The lowest BCUT2D eigenvalue weighted by atomic mass is 10.1. The molecule has 2 N–H and O–H groups in total. The van der Waals surface area contributed by atoms with Gasteiger partial charge in [0.15, 0.2) is 0 Å². The molecule has 3 aromatic rings. The molecule has 30 heavy (non-hydrogen) atoms. The van der Waals surface area contributed by atoms with Gasteiger partial charge in [-0.25, -0.2) is 17.5 Å². The molecule has 0 radical (unpaired) electrons. The Morgan fingerprint density at radius 3 is 2.50 bits per heavy atom. The quantitative estimate of drug-likeness (QED) is 0.569. The highest BCUT2D eigenvalue weighted by molar-refractivity contribution is 7.89. The van der Waals surface area contributed by atoms with Gasteiger partial charge in [0.25, 0.3) is 5.91 Å². The highest BCUT2D eigenvalue weighted by atomic mass is 35.5. The van der Waals surface area contributed by atoms with Crippen LogP contribution in [-0.4, -0.2) is 14.3 Å². The average Bonchev–Trinajstić information content (AvgIpc) is 2.71. The number of nitrogens with one attached hydrogen (secondary N) is 2. The molecule has 0 fully saturated rings. The van der Waals surface area contributed by atoms with Crippen LogP contribution in [0, 0.1) is 19.7 Å². The van der Waals surface area contributed by atoms with Gasteiger partial charge in [0.2, 0.25) is 10.0 Å². The molecule has 3 rings (SSSR count). The van der Waals surface area contributed by atoms with Crippen LogP contribution in [0.15, 0.2) is 65.6 Å². The second-order valence-corrected chi connectivity index (χ2v) is 8.93. The molecule has 0 unspecified atom stereocenters. The highest BCUT2D eigenvalue weighted by Gasteiger charge is 2.20. The summed E-state index contributed by atoms with van der Waals surface area (Å²) in [6, 6.07) is 15.3. The summed E-state index contributed by atoms with van der Waals surface area (Å²) in [4.78, 5) is 12.4. The molecule has 0 aromatic heterocycles. The van der Waals surface area contributed by atoms with E-state index < -0.39 is 21.7 Å². The van der Waals surface area contributed by atoms with Crippen molar-refractivity contribution in [3.05, 3.63) is 93.8 Å². The van der Waals surface area contributed by atoms with Crippen molar-refractivity contribution in [1.29, 1.82) is 0 Å². The van der Waals surface area contributed by atoms with Gasteiger partial charge in [-0.2, -0.15) is 0 Å². The summed E-state index contributed by atoms with van der Waals surface area (Å²) >= 11 is 6.05. The number of anilines is 1. The number of sulfonamides is 1. The number of hydrogen-bond donors (Lipinski definition) is 2. The molecular weight excluding hydrogens is 427 g/mol. The fourth-order valence-corrected chi connectivity index (χ4v) is 4.05. The van der Waals surface area contributed by atoms with Gasteiger partial charge in [-0.3, -0.25) is 4.79 Å². The minimum atomic E-state index is -3.99. The standard InChI is InChI=1S/C22H20ClFN2O3S/c1-14-6-5-9-21(15(14)2)26-22(27)18-12-17(10-11-20(18)24)30(28,29)25-13-16-7-3-4-8-19(16)23/h3-12,25H,13H2,1-2H3,(H,26,27). The third-order valence-corrected chi connectivity index (χ3v) is 6.52. The molecule has 156 valence electrons. The molecule has 0 saturated heterocycles. The maximum Gasteiger partial charge on any atom is 0.258 e. The molecule has 0 heterocycles. The van der Waals surface area contributed by atoms with Crippen LogP contribution in [0.25, 0.3) is 0 Å². The molecule has 0 aliphatic rings. The monoisotopic (exact) mass is 446 g/mol. The molecule has 0 aliphatic heterocycles. The normalized spacial score (nSPS) is 11.3. The van der Waals surface area contributed by atoms with E-state index in [0.29, 0.717) is 16.3 Å². The zero-order chi connectivity index (χ0) is 21.9. The highest BCUT2D eigenvalue weighted by Crippen LogP contribution is 2.22. The van der Waals surface area contributed by atoms with E-state index >= 15 is 0 Å². The van der Waals surface area contributed by atoms with Gasteiger partial charge in [-0.05, 0) is 60.9 Å². The van der Waals surface area contributed by atoms with Gasteiger partial charge < -0.3 is 5.32 Å². The van der Waals surface area contributed by atoms with Crippen LogP contribution in [0.4, 0.5) is 10.1 Å². The molecule has 5 nitrogen and oxygen atoms in total. The maximum atomic E-state index is 14.3. The van der Waals surface area contributed by atoms with Crippen LogP contribution in [0.5, 0.6) is 0 Å². The van der Waals surface area contributed by atoms with Gasteiger partial charge in [-0.1, -0.05) is 41.9 Å². The fourth-order valence-electron chi connectivity index (χ4n) is 2.82. The van der Waals surface area contributed by atoms with Crippen molar-refractivity contribution >= 4 is 33.2 Å². The van der Waals surface area contributed by atoms with Crippen LogP contribution < -0.4 is 10.0 Å². The minimum absolute atomic E-state index is 0.0383. The summed E-state index contributed by atoms with van der Waals surface area (Å²) in [7, 11) is -3.99. The van der Waals surface area contributed by atoms with Crippen molar-refractivity contribution in [2.24, 2.45) is 0 Å². The Kier molecular flexibility index (Phi) is 6.55. The van der Waals surface area contributed by atoms with Crippen molar-refractivity contribution in [1.82, 2.24) is 4.72 Å². The van der Waals surface area contributed by atoms with E-state index in [1.807, 2.05) is 19.9 Å². The Bertz CT molecular complexity index is 1210. The molecular formula is C22H20ClFN2O3S. The molecule has 0 spiro atoms. The van der Waals surface area contributed by atoms with Crippen LogP contribution in [0.2, 0.25) is 5.02 Å². The smallest absolute Gasteiger partial charge is 0.258 e. The van der Waals surface area contributed by atoms with Gasteiger partial charge in [0.05, 0.1) is 10.5 Å². The van der Waals surface area contributed by atoms with E-state index in [0.717, 1.165) is 29.3 Å². The van der Waals surface area contributed by atoms with E-state index in [9.17, 15) is 17.6 Å². The van der Waals surface area contributed by atoms with Crippen molar-refractivity contribution in [3.8, 4) is 0 Å². The second kappa shape index (κ2) is 8.95. The molecule has 1 amide bonds. The molecule has 0 atom stereocenters. The lowest BCUT2D eigenvalue weighted by molar-refractivity contribution is 0.102. The van der Waals surface area contributed by atoms with Crippen molar-refractivity contribution in [3.63, 3.8) is 0 Å². The lowest BCUT2D eigenvalue weighted by Gasteiger charge is -2.12. The van der Waals surface area contributed by atoms with E-state index in [1.54, 1.807) is 36.4 Å². The molecule has 0 saturated carbocycles. The van der Waals surface area contributed by atoms with E-state index in [4.69, 9.17) is 11.6 Å². The zero-order valence-electron chi connectivity index (χ0n) is 16.4. The first kappa shape index (κ1) is 22.0. The first-order valence-corrected chi connectivity index (χ1v) is 11.0. The number of halogens is 2. The number of carbonyl (C=O) groups is 1. The lowest BCUT2D eigenvalue weighted by Crippen LogP contribution is -2.24. The Morgan fingerprint density at radius 1 is 1.03 bits per heavy atom. The third-order valence-electron chi connectivity index (χ3n) is 4.76. The molecule has 3 aromatic carbocycles. The number of amides is 1. The topological polar surface area (TPSA) is 75.3 Å². The summed E-state index contributed by atoms with van der Waals surface area (Å²) in [5.74, 6) is -1.55. The molecule has 0 aliphatic carbocycles. The Labute approximate surface area is 179 Å². The second-order valence-electron chi connectivity index (χ2n) is 6.76. The van der Waals surface area contributed by atoms with Crippen LogP contribution in [0.3, 0.4) is 0 Å². The summed E-state index contributed by atoms with van der Waals surface area (Å²) in [5, 5.41) is 3.06.